The first-order valence-electron chi connectivity index (χ1n) is 6.36. The van der Waals surface area contributed by atoms with E-state index in [2.05, 4.69) is 23.8 Å². The quantitative estimate of drug-likeness (QED) is 0.932. The molecule has 19 heavy (non-hydrogen) atoms. The molecule has 0 spiro atoms. The fraction of sp³-hybridized carbons (Fsp3) is 0.333. The summed E-state index contributed by atoms with van der Waals surface area (Å²) in [7, 11) is 0. The fourth-order valence-corrected chi connectivity index (χ4v) is 2.22. The molecule has 1 N–H and O–H groups in total. The van der Waals surface area contributed by atoms with Gasteiger partial charge in [-0.1, -0.05) is 37.6 Å². The van der Waals surface area contributed by atoms with Crippen molar-refractivity contribution in [1.82, 2.24) is 9.97 Å². The topological polar surface area (TPSA) is 45.8 Å². The lowest BCUT2D eigenvalue weighted by molar-refractivity contribution is 0.630. The Bertz CT molecular complexity index is 620. The lowest BCUT2D eigenvalue weighted by Gasteiger charge is -2.06. The summed E-state index contributed by atoms with van der Waals surface area (Å²) in [6.45, 7) is 4.22. The Morgan fingerprint density at radius 1 is 1.32 bits per heavy atom. The van der Waals surface area contributed by atoms with Crippen LogP contribution in [0.3, 0.4) is 0 Å². The molecule has 0 saturated carbocycles. The summed E-state index contributed by atoms with van der Waals surface area (Å²) in [5.41, 5.74) is 1.79. The minimum absolute atomic E-state index is 0.0947. The largest absolute Gasteiger partial charge is 0.310 e. The molecule has 4 heteroatoms. The smallest absolute Gasteiger partial charge is 0.251 e. The number of aromatic nitrogens is 2. The van der Waals surface area contributed by atoms with Gasteiger partial charge in [0.1, 0.15) is 5.82 Å². The average molecular weight is 277 g/mol. The van der Waals surface area contributed by atoms with Crippen LogP contribution in [0.2, 0.25) is 5.02 Å². The monoisotopic (exact) mass is 276 g/mol. The van der Waals surface area contributed by atoms with Crippen molar-refractivity contribution in [2.45, 2.75) is 26.7 Å². The van der Waals surface area contributed by atoms with Crippen LogP contribution in [-0.4, -0.2) is 9.97 Å². The molecule has 0 unspecified atom stereocenters. The van der Waals surface area contributed by atoms with Crippen molar-refractivity contribution in [3.63, 3.8) is 0 Å². The van der Waals surface area contributed by atoms with Gasteiger partial charge in [-0.25, -0.2) is 4.98 Å². The van der Waals surface area contributed by atoms with Crippen molar-refractivity contribution in [2.24, 2.45) is 5.92 Å². The van der Waals surface area contributed by atoms with Gasteiger partial charge in [0.25, 0.3) is 5.56 Å². The first kappa shape index (κ1) is 13.8. The number of nitrogens with zero attached hydrogens (tertiary/aromatic N) is 1. The molecule has 100 valence electrons. The number of halogens is 1. The molecule has 2 aromatic rings. The van der Waals surface area contributed by atoms with Crippen LogP contribution in [0.5, 0.6) is 0 Å². The molecule has 0 bridgehead atoms. The van der Waals surface area contributed by atoms with E-state index in [4.69, 9.17) is 11.6 Å². The van der Waals surface area contributed by atoms with Crippen LogP contribution in [0.15, 0.2) is 35.1 Å². The predicted molar refractivity (Wildman–Crippen MR) is 77.7 cm³/mol. The van der Waals surface area contributed by atoms with Crippen LogP contribution < -0.4 is 5.56 Å². The van der Waals surface area contributed by atoms with Gasteiger partial charge in [0, 0.05) is 23.2 Å². The van der Waals surface area contributed by atoms with Gasteiger partial charge in [-0.05, 0) is 30.0 Å². The van der Waals surface area contributed by atoms with Gasteiger partial charge in [0.15, 0.2) is 0 Å². The lowest BCUT2D eigenvalue weighted by atomic mass is 10.1. The molecule has 1 aromatic heterocycles. The first-order valence-corrected chi connectivity index (χ1v) is 6.74. The van der Waals surface area contributed by atoms with E-state index in [1.807, 2.05) is 24.3 Å². The summed E-state index contributed by atoms with van der Waals surface area (Å²) in [4.78, 5) is 18.9. The first-order chi connectivity index (χ1) is 9.02. The molecule has 0 aliphatic heterocycles. The van der Waals surface area contributed by atoms with Gasteiger partial charge in [-0.15, -0.1) is 0 Å². The summed E-state index contributed by atoms with van der Waals surface area (Å²) in [6, 6.07) is 9.16. The highest BCUT2D eigenvalue weighted by Crippen LogP contribution is 2.13. The molecular formula is C15H17ClN2O. The maximum Gasteiger partial charge on any atom is 0.251 e. The molecule has 0 aliphatic carbocycles. The molecule has 1 heterocycles. The zero-order valence-corrected chi connectivity index (χ0v) is 11.9. The Morgan fingerprint density at radius 2 is 2.11 bits per heavy atom. The molecule has 0 saturated heterocycles. The van der Waals surface area contributed by atoms with Crippen LogP contribution in [0.4, 0.5) is 0 Å². The average Bonchev–Trinajstić information content (AvgIpc) is 2.26. The number of aromatic amines is 1. The zero-order chi connectivity index (χ0) is 13.8. The summed E-state index contributed by atoms with van der Waals surface area (Å²) in [5, 5.41) is 0.693. The third-order valence-electron chi connectivity index (χ3n) is 2.72. The maximum absolute atomic E-state index is 11.6. The third kappa shape index (κ3) is 4.21. The number of hydrogen-bond donors (Lipinski definition) is 1. The zero-order valence-electron chi connectivity index (χ0n) is 11.1. The van der Waals surface area contributed by atoms with E-state index >= 15 is 0 Å². The van der Waals surface area contributed by atoms with E-state index in [-0.39, 0.29) is 5.56 Å². The van der Waals surface area contributed by atoms with Gasteiger partial charge in [0.2, 0.25) is 0 Å². The maximum atomic E-state index is 11.6. The standard InChI is InChI=1S/C15H17ClN2O/c1-10(2)6-13-9-15(19)18-14(17-13)8-11-4-3-5-12(16)7-11/h3-5,7,9-10H,6,8H2,1-2H3,(H,17,18,19). The second-order valence-electron chi connectivity index (χ2n) is 5.09. The van der Waals surface area contributed by atoms with Gasteiger partial charge < -0.3 is 4.98 Å². The number of rotatable bonds is 4. The molecular weight excluding hydrogens is 260 g/mol. The molecule has 2 rings (SSSR count). The second kappa shape index (κ2) is 6.02. The third-order valence-corrected chi connectivity index (χ3v) is 2.96. The Balaban J connectivity index is 2.25. The molecule has 3 nitrogen and oxygen atoms in total. The predicted octanol–water partition coefficient (Wildman–Crippen LogP) is 3.21. The van der Waals surface area contributed by atoms with Crippen LogP contribution in [0.25, 0.3) is 0 Å². The van der Waals surface area contributed by atoms with Crippen molar-refractivity contribution in [2.75, 3.05) is 0 Å². The van der Waals surface area contributed by atoms with Crippen molar-refractivity contribution in [1.29, 1.82) is 0 Å². The van der Waals surface area contributed by atoms with Crippen molar-refractivity contribution >= 4 is 11.6 Å². The van der Waals surface area contributed by atoms with Crippen LogP contribution in [0, 0.1) is 5.92 Å². The van der Waals surface area contributed by atoms with Crippen LogP contribution in [0.1, 0.15) is 30.9 Å². The minimum Gasteiger partial charge on any atom is -0.310 e. The molecule has 0 amide bonds. The Hall–Kier alpha value is -1.61. The van der Waals surface area contributed by atoms with Crippen LogP contribution in [-0.2, 0) is 12.8 Å². The van der Waals surface area contributed by atoms with Gasteiger partial charge in [0.05, 0.1) is 0 Å². The number of hydrogen-bond acceptors (Lipinski definition) is 2. The summed E-state index contributed by atoms with van der Waals surface area (Å²) < 4.78 is 0. The highest BCUT2D eigenvalue weighted by molar-refractivity contribution is 6.30. The SMILES string of the molecule is CC(C)Cc1cc(=O)[nH]c(Cc2cccc(Cl)c2)n1. The van der Waals surface area contributed by atoms with E-state index < -0.39 is 0 Å². The summed E-state index contributed by atoms with van der Waals surface area (Å²) in [5.74, 6) is 1.17. The molecule has 0 aliphatic rings. The van der Waals surface area contributed by atoms with E-state index in [0.29, 0.717) is 23.2 Å². The number of nitrogens with one attached hydrogen (secondary N) is 1. The van der Waals surface area contributed by atoms with E-state index in [9.17, 15) is 4.79 Å². The van der Waals surface area contributed by atoms with Gasteiger partial charge >= 0.3 is 0 Å². The van der Waals surface area contributed by atoms with Gasteiger partial charge in [-0.3, -0.25) is 4.79 Å². The number of benzene rings is 1. The highest BCUT2D eigenvalue weighted by Gasteiger charge is 2.05. The van der Waals surface area contributed by atoms with Gasteiger partial charge in [-0.2, -0.15) is 0 Å². The highest BCUT2D eigenvalue weighted by atomic mass is 35.5. The normalized spacial score (nSPS) is 10.9. The number of H-pyrrole nitrogens is 1. The van der Waals surface area contributed by atoms with E-state index in [1.54, 1.807) is 6.07 Å². The Labute approximate surface area is 117 Å². The van der Waals surface area contributed by atoms with E-state index in [1.165, 1.54) is 0 Å². The lowest BCUT2D eigenvalue weighted by Crippen LogP contribution is -2.14. The van der Waals surface area contributed by atoms with Crippen molar-refractivity contribution < 1.29 is 0 Å². The molecule has 1 aromatic carbocycles. The Kier molecular flexibility index (Phi) is 4.38. The van der Waals surface area contributed by atoms with Crippen molar-refractivity contribution in [3.05, 3.63) is 62.8 Å². The Morgan fingerprint density at radius 3 is 2.79 bits per heavy atom. The molecule has 0 radical (unpaired) electrons. The molecule has 0 fully saturated rings. The fourth-order valence-electron chi connectivity index (χ4n) is 2.01. The second-order valence-corrected chi connectivity index (χ2v) is 5.52. The molecule has 0 atom stereocenters. The minimum atomic E-state index is -0.0947. The van der Waals surface area contributed by atoms with Crippen LogP contribution >= 0.6 is 11.6 Å². The summed E-state index contributed by atoms with van der Waals surface area (Å²) >= 11 is 5.95. The van der Waals surface area contributed by atoms with E-state index in [0.717, 1.165) is 17.7 Å². The van der Waals surface area contributed by atoms with Crippen molar-refractivity contribution in [3.8, 4) is 0 Å². The summed E-state index contributed by atoms with van der Waals surface area (Å²) in [6.07, 6.45) is 1.40.